The topological polar surface area (TPSA) is 23.5 Å². The van der Waals surface area contributed by atoms with Crippen LogP contribution in [0.1, 0.15) is 26.7 Å². The van der Waals surface area contributed by atoms with E-state index in [1.54, 1.807) is 11.8 Å². The first kappa shape index (κ1) is 17.6. The van der Waals surface area contributed by atoms with Crippen molar-refractivity contribution in [1.82, 2.24) is 0 Å². The average Bonchev–Trinajstić information content (AvgIpc) is 2.72. The predicted molar refractivity (Wildman–Crippen MR) is 107 cm³/mol. The lowest BCUT2D eigenvalue weighted by atomic mass is 9.87. The number of hydrogen-bond donors (Lipinski definition) is 1. The van der Waals surface area contributed by atoms with E-state index in [0.29, 0.717) is 5.75 Å². The van der Waals surface area contributed by atoms with Gasteiger partial charge in [-0.2, -0.15) is 0 Å². The number of phenolic OH excluding ortho intramolecular Hbond substituents is 1. The fourth-order valence-corrected chi connectivity index (χ4v) is 5.14. The van der Waals surface area contributed by atoms with E-state index in [4.69, 9.17) is 0 Å². The second kappa shape index (κ2) is 7.32. The van der Waals surface area contributed by atoms with Crippen molar-refractivity contribution in [1.29, 1.82) is 0 Å². The number of rotatable bonds is 4. The fraction of sp³-hybridized carbons (Fsp3) is 0.400. The van der Waals surface area contributed by atoms with Crippen molar-refractivity contribution < 1.29 is 5.11 Å². The molecular weight excluding hydrogens is 334 g/mol. The van der Waals surface area contributed by atoms with Gasteiger partial charge in [0.15, 0.2) is 0 Å². The van der Waals surface area contributed by atoms with Gasteiger partial charge in [-0.1, -0.05) is 38.5 Å². The summed E-state index contributed by atoms with van der Waals surface area (Å²) in [6.45, 7) is 5.66. The van der Waals surface area contributed by atoms with Gasteiger partial charge in [0.05, 0.1) is 10.6 Å². The lowest BCUT2D eigenvalue weighted by Crippen LogP contribution is -2.33. The van der Waals surface area contributed by atoms with Gasteiger partial charge >= 0.3 is 0 Å². The SMILES string of the molecule is CCCC1(C)CSc2cc(O)c(SC)cc2N(c2ccccc2)C1. The Bertz CT molecular complexity index is 704. The first-order valence-corrected chi connectivity index (χ1v) is 10.6. The zero-order chi connectivity index (χ0) is 17.2. The molecule has 0 saturated heterocycles. The second-order valence-electron chi connectivity index (χ2n) is 6.76. The molecule has 128 valence electrons. The summed E-state index contributed by atoms with van der Waals surface area (Å²) in [4.78, 5) is 4.55. The van der Waals surface area contributed by atoms with E-state index in [2.05, 4.69) is 55.1 Å². The molecule has 0 amide bonds. The maximum Gasteiger partial charge on any atom is 0.130 e. The summed E-state index contributed by atoms with van der Waals surface area (Å²) in [5, 5.41) is 10.3. The molecule has 4 heteroatoms. The predicted octanol–water partition coefficient (Wildman–Crippen LogP) is 6.16. The van der Waals surface area contributed by atoms with Crippen LogP contribution in [-0.2, 0) is 0 Å². The van der Waals surface area contributed by atoms with Crippen molar-refractivity contribution in [3.05, 3.63) is 42.5 Å². The molecular formula is C20H25NOS2. The first-order chi connectivity index (χ1) is 11.6. The standard InChI is InChI=1S/C20H25NOS2/c1-4-10-20(2)13-21(15-8-6-5-7-9-15)16-11-19(23-3)17(22)12-18(16)24-14-20/h5-9,11-12,22H,4,10,13-14H2,1-3H3. The Kier molecular flexibility index (Phi) is 5.36. The van der Waals surface area contributed by atoms with Crippen LogP contribution in [0.15, 0.2) is 52.3 Å². The van der Waals surface area contributed by atoms with E-state index in [1.807, 2.05) is 24.1 Å². The second-order valence-corrected chi connectivity index (χ2v) is 8.63. The fourth-order valence-electron chi connectivity index (χ4n) is 3.39. The molecule has 1 heterocycles. The minimum absolute atomic E-state index is 0.253. The highest BCUT2D eigenvalue weighted by Crippen LogP contribution is 2.47. The van der Waals surface area contributed by atoms with E-state index < -0.39 is 0 Å². The Morgan fingerprint density at radius 1 is 1.25 bits per heavy atom. The normalized spacial score (nSPS) is 20.5. The van der Waals surface area contributed by atoms with E-state index in [0.717, 1.165) is 17.2 Å². The number of aromatic hydroxyl groups is 1. The molecule has 0 aromatic heterocycles. The molecule has 24 heavy (non-hydrogen) atoms. The molecule has 1 aliphatic rings. The number of fused-ring (bicyclic) bond motifs is 1. The maximum atomic E-state index is 10.3. The number of anilines is 2. The Labute approximate surface area is 153 Å². The highest BCUT2D eigenvalue weighted by atomic mass is 32.2. The summed E-state index contributed by atoms with van der Waals surface area (Å²) in [6.07, 6.45) is 4.41. The molecule has 1 N–H and O–H groups in total. The largest absolute Gasteiger partial charge is 0.507 e. The number of nitrogens with zero attached hydrogens (tertiary/aromatic N) is 1. The molecule has 1 aliphatic heterocycles. The van der Waals surface area contributed by atoms with Crippen LogP contribution in [0.4, 0.5) is 11.4 Å². The quantitative estimate of drug-likeness (QED) is 0.660. The molecule has 1 unspecified atom stereocenters. The zero-order valence-corrected chi connectivity index (χ0v) is 16.2. The molecule has 1 atom stereocenters. The van der Waals surface area contributed by atoms with Gasteiger partial charge in [-0.25, -0.2) is 0 Å². The van der Waals surface area contributed by atoms with Crippen LogP contribution in [0, 0.1) is 5.41 Å². The molecule has 0 saturated carbocycles. The van der Waals surface area contributed by atoms with Crippen molar-refractivity contribution in [2.75, 3.05) is 23.5 Å². The molecule has 2 aromatic carbocycles. The Balaban J connectivity index is 2.11. The number of phenols is 1. The summed E-state index contributed by atoms with van der Waals surface area (Å²) in [6, 6.07) is 14.7. The zero-order valence-electron chi connectivity index (χ0n) is 14.6. The van der Waals surface area contributed by atoms with Crippen molar-refractivity contribution in [3.8, 4) is 5.75 Å². The molecule has 3 rings (SSSR count). The van der Waals surface area contributed by atoms with Crippen LogP contribution in [0.5, 0.6) is 5.75 Å². The van der Waals surface area contributed by atoms with E-state index >= 15 is 0 Å². The van der Waals surface area contributed by atoms with Gasteiger partial charge in [-0.15, -0.1) is 23.5 Å². The third-order valence-corrected chi connectivity index (χ3v) is 6.83. The Hall–Kier alpha value is -1.26. The van der Waals surface area contributed by atoms with Crippen LogP contribution in [0.2, 0.25) is 0 Å². The number of benzene rings is 2. The van der Waals surface area contributed by atoms with Gasteiger partial charge in [-0.3, -0.25) is 0 Å². The maximum absolute atomic E-state index is 10.3. The molecule has 2 nitrogen and oxygen atoms in total. The third-order valence-electron chi connectivity index (χ3n) is 4.59. The first-order valence-electron chi connectivity index (χ1n) is 8.43. The molecule has 0 spiro atoms. The highest BCUT2D eigenvalue weighted by Gasteiger charge is 2.32. The lowest BCUT2D eigenvalue weighted by molar-refractivity contribution is 0.352. The van der Waals surface area contributed by atoms with Gasteiger partial charge in [0.25, 0.3) is 0 Å². The summed E-state index contributed by atoms with van der Waals surface area (Å²) in [5.41, 5.74) is 2.69. The molecule has 0 bridgehead atoms. The van der Waals surface area contributed by atoms with E-state index in [9.17, 15) is 5.11 Å². The van der Waals surface area contributed by atoms with Crippen LogP contribution in [0.25, 0.3) is 0 Å². The summed E-state index contributed by atoms with van der Waals surface area (Å²) in [5.74, 6) is 1.47. The van der Waals surface area contributed by atoms with Crippen LogP contribution in [-0.4, -0.2) is 23.7 Å². The molecule has 0 fully saturated rings. The van der Waals surface area contributed by atoms with Gasteiger partial charge < -0.3 is 10.0 Å². The van der Waals surface area contributed by atoms with E-state index in [-0.39, 0.29) is 5.41 Å². The monoisotopic (exact) mass is 359 g/mol. The van der Waals surface area contributed by atoms with Crippen molar-refractivity contribution in [2.45, 2.75) is 36.5 Å². The van der Waals surface area contributed by atoms with E-state index in [1.165, 1.54) is 29.1 Å². The van der Waals surface area contributed by atoms with Crippen molar-refractivity contribution in [3.63, 3.8) is 0 Å². The summed E-state index contributed by atoms with van der Waals surface area (Å²) < 4.78 is 0. The minimum atomic E-state index is 0.253. The molecule has 0 aliphatic carbocycles. The highest BCUT2D eigenvalue weighted by molar-refractivity contribution is 7.99. The number of thioether (sulfide) groups is 2. The lowest BCUT2D eigenvalue weighted by Gasteiger charge is -2.34. The van der Waals surface area contributed by atoms with Crippen LogP contribution in [0.3, 0.4) is 0 Å². The average molecular weight is 360 g/mol. The van der Waals surface area contributed by atoms with Crippen LogP contribution >= 0.6 is 23.5 Å². The summed E-state index contributed by atoms with van der Waals surface area (Å²) in [7, 11) is 0. The minimum Gasteiger partial charge on any atom is -0.507 e. The molecule has 2 aromatic rings. The van der Waals surface area contributed by atoms with Gasteiger partial charge in [0, 0.05) is 22.9 Å². The smallest absolute Gasteiger partial charge is 0.130 e. The number of hydrogen-bond acceptors (Lipinski definition) is 4. The third kappa shape index (κ3) is 3.55. The van der Waals surface area contributed by atoms with Crippen molar-refractivity contribution >= 4 is 34.9 Å². The van der Waals surface area contributed by atoms with Gasteiger partial charge in [-0.05, 0) is 42.4 Å². The van der Waals surface area contributed by atoms with Gasteiger partial charge in [0.2, 0.25) is 0 Å². The number of para-hydroxylation sites is 1. The van der Waals surface area contributed by atoms with Gasteiger partial charge in [0.1, 0.15) is 5.75 Å². The summed E-state index contributed by atoms with van der Waals surface area (Å²) >= 11 is 3.47. The van der Waals surface area contributed by atoms with Crippen LogP contribution < -0.4 is 4.90 Å². The van der Waals surface area contributed by atoms with Crippen molar-refractivity contribution in [2.24, 2.45) is 5.41 Å². The molecule has 0 radical (unpaired) electrons. The Morgan fingerprint density at radius 3 is 2.67 bits per heavy atom. The Morgan fingerprint density at radius 2 is 2.00 bits per heavy atom.